The molecule has 0 aromatic carbocycles. The highest BCUT2D eigenvalue weighted by atomic mass is 16.5. The smallest absolute Gasteiger partial charge is 0.307 e. The molecule has 0 aliphatic rings. The SMILES string of the molecule is CCOC(=O)CC(CC)NCc1cccnc1. The first kappa shape index (κ1) is 13.6. The zero-order valence-electron chi connectivity index (χ0n) is 10.5. The molecule has 17 heavy (non-hydrogen) atoms. The van der Waals surface area contributed by atoms with Crippen LogP contribution in [0.25, 0.3) is 0 Å². The van der Waals surface area contributed by atoms with E-state index >= 15 is 0 Å². The van der Waals surface area contributed by atoms with Crippen LogP contribution in [0.2, 0.25) is 0 Å². The lowest BCUT2D eigenvalue weighted by Crippen LogP contribution is -2.31. The molecule has 0 amide bonds. The molecular formula is C13H20N2O2. The quantitative estimate of drug-likeness (QED) is 0.735. The Bertz CT molecular complexity index is 327. The van der Waals surface area contributed by atoms with E-state index in [0.717, 1.165) is 18.5 Å². The number of esters is 1. The van der Waals surface area contributed by atoms with Gasteiger partial charge in [-0.1, -0.05) is 13.0 Å². The number of nitrogens with zero attached hydrogens (tertiary/aromatic N) is 1. The summed E-state index contributed by atoms with van der Waals surface area (Å²) in [7, 11) is 0. The van der Waals surface area contributed by atoms with Gasteiger partial charge in [0.05, 0.1) is 13.0 Å². The van der Waals surface area contributed by atoms with E-state index in [-0.39, 0.29) is 12.0 Å². The summed E-state index contributed by atoms with van der Waals surface area (Å²) in [5.41, 5.74) is 1.12. The zero-order chi connectivity index (χ0) is 12.5. The predicted molar refractivity (Wildman–Crippen MR) is 66.4 cm³/mol. The maximum Gasteiger partial charge on any atom is 0.307 e. The van der Waals surface area contributed by atoms with Crippen molar-refractivity contribution < 1.29 is 9.53 Å². The number of carbonyl (C=O) groups is 1. The number of rotatable bonds is 7. The van der Waals surface area contributed by atoms with Crippen molar-refractivity contribution in [2.45, 2.75) is 39.3 Å². The van der Waals surface area contributed by atoms with Gasteiger partial charge in [-0.25, -0.2) is 0 Å². The molecule has 0 fully saturated rings. The van der Waals surface area contributed by atoms with E-state index in [0.29, 0.717) is 13.0 Å². The first-order chi connectivity index (χ1) is 8.26. The fraction of sp³-hybridized carbons (Fsp3) is 0.538. The van der Waals surface area contributed by atoms with Gasteiger partial charge in [-0.2, -0.15) is 0 Å². The van der Waals surface area contributed by atoms with Crippen LogP contribution in [0.1, 0.15) is 32.3 Å². The van der Waals surface area contributed by atoms with E-state index in [2.05, 4.69) is 17.2 Å². The first-order valence-corrected chi connectivity index (χ1v) is 6.04. The number of nitrogens with one attached hydrogen (secondary N) is 1. The molecule has 1 N–H and O–H groups in total. The number of aromatic nitrogens is 1. The molecular weight excluding hydrogens is 216 g/mol. The molecule has 1 atom stereocenters. The second-order valence-corrected chi connectivity index (χ2v) is 3.86. The lowest BCUT2D eigenvalue weighted by molar-refractivity contribution is -0.143. The molecule has 0 radical (unpaired) electrons. The Morgan fingerprint density at radius 1 is 1.53 bits per heavy atom. The summed E-state index contributed by atoms with van der Waals surface area (Å²) in [5.74, 6) is -0.141. The van der Waals surface area contributed by atoms with Crippen LogP contribution in [0.5, 0.6) is 0 Å². The minimum atomic E-state index is -0.141. The molecule has 1 unspecified atom stereocenters. The molecule has 94 valence electrons. The molecule has 0 aliphatic heterocycles. The molecule has 0 saturated heterocycles. The van der Waals surface area contributed by atoms with Crippen LogP contribution in [-0.4, -0.2) is 23.6 Å². The summed E-state index contributed by atoms with van der Waals surface area (Å²) in [6.45, 7) is 5.05. The van der Waals surface area contributed by atoms with Crippen molar-refractivity contribution in [2.75, 3.05) is 6.61 Å². The lowest BCUT2D eigenvalue weighted by Gasteiger charge is -2.15. The lowest BCUT2D eigenvalue weighted by atomic mass is 10.1. The molecule has 0 saturated carbocycles. The Morgan fingerprint density at radius 2 is 2.35 bits per heavy atom. The van der Waals surface area contributed by atoms with Gasteiger partial charge in [0.15, 0.2) is 0 Å². The van der Waals surface area contributed by atoms with Crippen molar-refractivity contribution in [3.05, 3.63) is 30.1 Å². The van der Waals surface area contributed by atoms with E-state index in [1.165, 1.54) is 0 Å². The van der Waals surface area contributed by atoms with Crippen molar-refractivity contribution in [3.63, 3.8) is 0 Å². The van der Waals surface area contributed by atoms with E-state index < -0.39 is 0 Å². The summed E-state index contributed by atoms with van der Waals surface area (Å²) in [6, 6.07) is 4.08. The highest BCUT2D eigenvalue weighted by Gasteiger charge is 2.12. The Balaban J connectivity index is 2.34. The predicted octanol–water partition coefficient (Wildman–Crippen LogP) is 1.90. The van der Waals surface area contributed by atoms with Gasteiger partial charge in [0.25, 0.3) is 0 Å². The van der Waals surface area contributed by atoms with Crippen molar-refractivity contribution in [3.8, 4) is 0 Å². The van der Waals surface area contributed by atoms with Crippen LogP contribution in [-0.2, 0) is 16.1 Å². The monoisotopic (exact) mass is 236 g/mol. The number of hydrogen-bond acceptors (Lipinski definition) is 4. The zero-order valence-corrected chi connectivity index (χ0v) is 10.5. The summed E-state index contributed by atoms with van der Waals surface area (Å²) in [4.78, 5) is 15.4. The summed E-state index contributed by atoms with van der Waals surface area (Å²) in [6.07, 6.45) is 4.90. The van der Waals surface area contributed by atoms with E-state index in [4.69, 9.17) is 4.74 Å². The van der Waals surface area contributed by atoms with E-state index in [1.807, 2.05) is 25.3 Å². The summed E-state index contributed by atoms with van der Waals surface area (Å²) >= 11 is 0. The third-order valence-corrected chi connectivity index (χ3v) is 2.53. The fourth-order valence-electron chi connectivity index (χ4n) is 1.55. The highest BCUT2D eigenvalue weighted by Crippen LogP contribution is 2.02. The number of pyridine rings is 1. The average Bonchev–Trinajstić information content (AvgIpc) is 2.36. The van der Waals surface area contributed by atoms with Crippen LogP contribution in [0, 0.1) is 0 Å². The molecule has 4 heteroatoms. The minimum absolute atomic E-state index is 0.141. The van der Waals surface area contributed by atoms with Gasteiger partial charge in [-0.15, -0.1) is 0 Å². The summed E-state index contributed by atoms with van der Waals surface area (Å²) < 4.78 is 4.93. The minimum Gasteiger partial charge on any atom is -0.466 e. The topological polar surface area (TPSA) is 51.2 Å². The number of carbonyl (C=O) groups excluding carboxylic acids is 1. The molecule has 4 nitrogen and oxygen atoms in total. The van der Waals surface area contributed by atoms with Gasteiger partial charge in [-0.3, -0.25) is 9.78 Å². The highest BCUT2D eigenvalue weighted by molar-refractivity contribution is 5.70. The van der Waals surface area contributed by atoms with Crippen molar-refractivity contribution in [2.24, 2.45) is 0 Å². The van der Waals surface area contributed by atoms with Gasteiger partial charge in [0.1, 0.15) is 0 Å². The van der Waals surface area contributed by atoms with E-state index in [1.54, 1.807) is 6.20 Å². The molecule has 1 heterocycles. The van der Waals surface area contributed by atoms with Gasteiger partial charge >= 0.3 is 5.97 Å². The second-order valence-electron chi connectivity index (χ2n) is 3.86. The van der Waals surface area contributed by atoms with Gasteiger partial charge in [0.2, 0.25) is 0 Å². The van der Waals surface area contributed by atoms with Crippen molar-refractivity contribution >= 4 is 5.97 Å². The Hall–Kier alpha value is -1.42. The van der Waals surface area contributed by atoms with Gasteiger partial charge < -0.3 is 10.1 Å². The maximum absolute atomic E-state index is 11.3. The van der Waals surface area contributed by atoms with Crippen molar-refractivity contribution in [1.29, 1.82) is 0 Å². The van der Waals surface area contributed by atoms with Crippen LogP contribution in [0.4, 0.5) is 0 Å². The first-order valence-electron chi connectivity index (χ1n) is 6.04. The summed E-state index contributed by atoms with van der Waals surface area (Å²) in [5, 5.41) is 3.33. The van der Waals surface area contributed by atoms with Crippen LogP contribution < -0.4 is 5.32 Å². The second kappa shape index (κ2) is 7.79. The third-order valence-electron chi connectivity index (χ3n) is 2.53. The van der Waals surface area contributed by atoms with Crippen LogP contribution in [0.15, 0.2) is 24.5 Å². The van der Waals surface area contributed by atoms with Gasteiger partial charge in [0, 0.05) is 25.0 Å². The van der Waals surface area contributed by atoms with E-state index in [9.17, 15) is 4.79 Å². The molecule has 0 aliphatic carbocycles. The number of hydrogen-bond donors (Lipinski definition) is 1. The third kappa shape index (κ3) is 5.45. The Labute approximate surface area is 102 Å². The van der Waals surface area contributed by atoms with Crippen LogP contribution >= 0.6 is 0 Å². The van der Waals surface area contributed by atoms with Crippen molar-refractivity contribution in [1.82, 2.24) is 10.3 Å². The largest absolute Gasteiger partial charge is 0.466 e. The molecule has 1 aromatic heterocycles. The Morgan fingerprint density at radius 3 is 2.94 bits per heavy atom. The number of ether oxygens (including phenoxy) is 1. The molecule has 1 aromatic rings. The normalized spacial score (nSPS) is 12.1. The maximum atomic E-state index is 11.3. The molecule has 0 spiro atoms. The van der Waals surface area contributed by atoms with Crippen LogP contribution in [0.3, 0.4) is 0 Å². The van der Waals surface area contributed by atoms with Gasteiger partial charge in [-0.05, 0) is 25.0 Å². The molecule has 0 bridgehead atoms. The fourth-order valence-corrected chi connectivity index (χ4v) is 1.55. The Kier molecular flexibility index (Phi) is 6.25. The molecule has 1 rings (SSSR count). The average molecular weight is 236 g/mol. The standard InChI is InChI=1S/C13H20N2O2/c1-3-12(8-13(16)17-4-2)15-10-11-6-5-7-14-9-11/h5-7,9,12,15H,3-4,8,10H2,1-2H3.